The summed E-state index contributed by atoms with van der Waals surface area (Å²) < 4.78 is 5.40. The molecule has 0 aromatic heterocycles. The molecule has 0 aliphatic carbocycles. The van der Waals surface area contributed by atoms with Crippen LogP contribution < -0.4 is 4.74 Å². The third kappa shape index (κ3) is 3.95. The maximum Gasteiger partial charge on any atom is 0.272 e. The van der Waals surface area contributed by atoms with Gasteiger partial charge < -0.3 is 9.57 Å². The van der Waals surface area contributed by atoms with Crippen molar-refractivity contribution in [3.05, 3.63) is 64.2 Å². The van der Waals surface area contributed by atoms with E-state index >= 15 is 0 Å². The molecule has 1 heterocycles. The Bertz CT molecular complexity index is 926. The molecule has 0 radical (unpaired) electrons. The highest BCUT2D eigenvalue weighted by atomic mass is 35.5. The molecule has 1 atom stereocenters. The van der Waals surface area contributed by atoms with E-state index in [0.717, 1.165) is 0 Å². The van der Waals surface area contributed by atoms with Crippen LogP contribution in [0.3, 0.4) is 0 Å². The molecule has 1 aliphatic heterocycles. The van der Waals surface area contributed by atoms with Crippen LogP contribution in [0.15, 0.2) is 47.6 Å². The van der Waals surface area contributed by atoms with Gasteiger partial charge in [-0.05, 0) is 44.2 Å². The summed E-state index contributed by atoms with van der Waals surface area (Å²) in [6.07, 6.45) is -0.713. The maximum atomic E-state index is 12.8. The summed E-state index contributed by atoms with van der Waals surface area (Å²) in [5.41, 5.74) is 1.90. The van der Waals surface area contributed by atoms with Gasteiger partial charge in [0.1, 0.15) is 5.75 Å². The molecule has 0 N–H and O–H groups in total. The smallest absolute Gasteiger partial charge is 0.272 e. The standard InChI is InChI=1S/C20H19ClN2O4/c1-12(24)14-7-8-18(26-3)16(9-14)11-23-19(22-27-13(2)20(23)25)15-5-4-6-17(21)10-15/h4-10,13H,11H2,1-3H3. The molecular weight excluding hydrogens is 368 g/mol. The Hall–Kier alpha value is -2.86. The number of ether oxygens (including phenoxy) is 1. The first kappa shape index (κ1) is 18.9. The zero-order valence-corrected chi connectivity index (χ0v) is 16.0. The fraction of sp³-hybridized carbons (Fsp3) is 0.250. The molecule has 2 aromatic carbocycles. The minimum absolute atomic E-state index is 0.0655. The predicted octanol–water partition coefficient (Wildman–Crippen LogP) is 3.66. The van der Waals surface area contributed by atoms with Gasteiger partial charge in [-0.3, -0.25) is 14.5 Å². The van der Waals surface area contributed by atoms with Crippen molar-refractivity contribution in [2.75, 3.05) is 7.11 Å². The number of amidine groups is 1. The number of nitrogens with zero attached hydrogens (tertiary/aromatic N) is 2. The van der Waals surface area contributed by atoms with E-state index in [4.69, 9.17) is 21.2 Å². The van der Waals surface area contributed by atoms with Crippen LogP contribution in [0.5, 0.6) is 5.75 Å². The Morgan fingerprint density at radius 1 is 1.30 bits per heavy atom. The number of Topliss-reactive ketones (excluding diaryl/α,β-unsaturated/α-hetero) is 1. The number of methoxy groups -OCH3 is 1. The van der Waals surface area contributed by atoms with E-state index in [2.05, 4.69) is 5.16 Å². The van der Waals surface area contributed by atoms with E-state index in [1.54, 1.807) is 56.5 Å². The van der Waals surface area contributed by atoms with Crippen molar-refractivity contribution in [3.8, 4) is 5.75 Å². The van der Waals surface area contributed by atoms with E-state index in [1.807, 2.05) is 0 Å². The van der Waals surface area contributed by atoms with Crippen molar-refractivity contribution in [2.45, 2.75) is 26.5 Å². The maximum absolute atomic E-state index is 12.8. The number of rotatable bonds is 5. The summed E-state index contributed by atoms with van der Waals surface area (Å²) in [5, 5.41) is 4.64. The van der Waals surface area contributed by atoms with Crippen LogP contribution in [-0.2, 0) is 16.2 Å². The number of hydrogen-bond acceptors (Lipinski definition) is 5. The summed E-state index contributed by atoms with van der Waals surface area (Å²) >= 11 is 6.08. The first-order valence-corrected chi connectivity index (χ1v) is 8.77. The first-order chi connectivity index (χ1) is 12.9. The largest absolute Gasteiger partial charge is 0.496 e. The van der Waals surface area contributed by atoms with Crippen molar-refractivity contribution >= 4 is 29.1 Å². The number of hydrogen-bond donors (Lipinski definition) is 0. The molecule has 0 spiro atoms. The normalized spacial score (nSPS) is 16.6. The van der Waals surface area contributed by atoms with Gasteiger partial charge in [0, 0.05) is 21.7 Å². The second kappa shape index (κ2) is 7.80. The van der Waals surface area contributed by atoms with Gasteiger partial charge in [0.2, 0.25) is 6.10 Å². The fourth-order valence-corrected chi connectivity index (χ4v) is 3.02. The summed E-state index contributed by atoms with van der Waals surface area (Å²) in [7, 11) is 1.54. The molecule has 2 aromatic rings. The Morgan fingerprint density at radius 2 is 2.07 bits per heavy atom. The average Bonchev–Trinajstić information content (AvgIpc) is 2.65. The van der Waals surface area contributed by atoms with Crippen LogP contribution in [0, 0.1) is 0 Å². The number of carbonyl (C=O) groups is 2. The van der Waals surface area contributed by atoms with Gasteiger partial charge in [0.15, 0.2) is 11.6 Å². The molecule has 1 unspecified atom stereocenters. The minimum Gasteiger partial charge on any atom is -0.496 e. The van der Waals surface area contributed by atoms with Crippen LogP contribution >= 0.6 is 11.6 Å². The number of benzene rings is 2. The number of ketones is 1. The molecule has 0 bridgehead atoms. The summed E-state index contributed by atoms with van der Waals surface area (Å²) in [4.78, 5) is 31.3. The van der Waals surface area contributed by atoms with E-state index in [9.17, 15) is 9.59 Å². The average molecular weight is 387 g/mol. The molecular formula is C20H19ClN2O4. The van der Waals surface area contributed by atoms with Crippen molar-refractivity contribution in [3.63, 3.8) is 0 Å². The van der Waals surface area contributed by atoms with Crippen LogP contribution in [0.4, 0.5) is 0 Å². The topological polar surface area (TPSA) is 68.2 Å². The molecule has 6 nitrogen and oxygen atoms in total. The third-order valence-electron chi connectivity index (χ3n) is 4.26. The van der Waals surface area contributed by atoms with E-state index in [-0.39, 0.29) is 18.2 Å². The van der Waals surface area contributed by atoms with Crippen molar-refractivity contribution < 1.29 is 19.2 Å². The Balaban J connectivity index is 2.03. The van der Waals surface area contributed by atoms with E-state index in [1.165, 1.54) is 11.8 Å². The van der Waals surface area contributed by atoms with E-state index < -0.39 is 6.10 Å². The SMILES string of the molecule is COc1ccc(C(C)=O)cc1CN1C(=O)C(C)ON=C1c1cccc(Cl)c1. The summed E-state index contributed by atoms with van der Waals surface area (Å²) in [6, 6.07) is 12.2. The molecule has 140 valence electrons. The monoisotopic (exact) mass is 386 g/mol. The van der Waals surface area contributed by atoms with Crippen LogP contribution in [-0.4, -0.2) is 35.6 Å². The van der Waals surface area contributed by atoms with Gasteiger partial charge in [0.25, 0.3) is 5.91 Å². The lowest BCUT2D eigenvalue weighted by molar-refractivity contribution is -0.142. The predicted molar refractivity (Wildman–Crippen MR) is 102 cm³/mol. The highest BCUT2D eigenvalue weighted by Gasteiger charge is 2.32. The van der Waals surface area contributed by atoms with Crippen LogP contribution in [0.2, 0.25) is 5.02 Å². The number of oxime groups is 1. The molecule has 0 fully saturated rings. The lowest BCUT2D eigenvalue weighted by atomic mass is 10.1. The highest BCUT2D eigenvalue weighted by Crippen LogP contribution is 2.26. The van der Waals surface area contributed by atoms with Gasteiger partial charge in [-0.15, -0.1) is 0 Å². The lowest BCUT2D eigenvalue weighted by Crippen LogP contribution is -2.46. The van der Waals surface area contributed by atoms with Crippen LogP contribution in [0.25, 0.3) is 0 Å². The number of amides is 1. The second-order valence-electron chi connectivity index (χ2n) is 6.18. The molecule has 3 rings (SSSR count). The molecule has 1 amide bonds. The molecule has 7 heteroatoms. The number of halogens is 1. The van der Waals surface area contributed by atoms with E-state index in [0.29, 0.717) is 33.3 Å². The first-order valence-electron chi connectivity index (χ1n) is 8.39. The van der Waals surface area contributed by atoms with Crippen molar-refractivity contribution in [1.82, 2.24) is 4.90 Å². The molecule has 1 aliphatic rings. The Kier molecular flexibility index (Phi) is 5.46. The highest BCUT2D eigenvalue weighted by molar-refractivity contribution is 6.31. The molecule has 0 saturated carbocycles. The minimum atomic E-state index is -0.713. The van der Waals surface area contributed by atoms with Gasteiger partial charge >= 0.3 is 0 Å². The number of carbonyl (C=O) groups excluding carboxylic acids is 2. The third-order valence-corrected chi connectivity index (χ3v) is 4.50. The Labute approximate surface area is 162 Å². The quantitative estimate of drug-likeness (QED) is 0.735. The summed E-state index contributed by atoms with van der Waals surface area (Å²) in [6.45, 7) is 3.31. The van der Waals surface area contributed by atoms with Crippen LogP contribution in [0.1, 0.15) is 35.3 Å². The lowest BCUT2D eigenvalue weighted by Gasteiger charge is -2.30. The zero-order chi connectivity index (χ0) is 19.6. The van der Waals surface area contributed by atoms with Gasteiger partial charge in [-0.1, -0.05) is 28.9 Å². The second-order valence-corrected chi connectivity index (χ2v) is 6.62. The fourth-order valence-electron chi connectivity index (χ4n) is 2.83. The zero-order valence-electron chi connectivity index (χ0n) is 15.2. The van der Waals surface area contributed by atoms with Gasteiger partial charge in [0.05, 0.1) is 13.7 Å². The summed E-state index contributed by atoms with van der Waals surface area (Å²) in [5.74, 6) is 0.632. The Morgan fingerprint density at radius 3 is 2.74 bits per heavy atom. The van der Waals surface area contributed by atoms with Gasteiger partial charge in [-0.25, -0.2) is 0 Å². The molecule has 27 heavy (non-hydrogen) atoms. The van der Waals surface area contributed by atoms with Gasteiger partial charge in [-0.2, -0.15) is 0 Å². The molecule has 0 saturated heterocycles. The van der Waals surface area contributed by atoms with Crippen molar-refractivity contribution in [1.29, 1.82) is 0 Å². The van der Waals surface area contributed by atoms with Crippen molar-refractivity contribution in [2.24, 2.45) is 5.16 Å².